The summed E-state index contributed by atoms with van der Waals surface area (Å²) in [6, 6.07) is -5.54. The van der Waals surface area contributed by atoms with Crippen LogP contribution in [0, 0.1) is 11.8 Å². The van der Waals surface area contributed by atoms with E-state index >= 15 is 0 Å². The minimum absolute atomic E-state index is 0.0471. The Morgan fingerprint density at radius 3 is 1.26 bits per heavy atom. The quantitative estimate of drug-likeness (QED) is 0.0167. The van der Waals surface area contributed by atoms with Crippen LogP contribution in [0.25, 0.3) is 0 Å². The molecule has 0 bridgehead atoms. The van der Waals surface area contributed by atoms with Crippen molar-refractivity contribution in [2.24, 2.45) is 45.5 Å². The summed E-state index contributed by atoms with van der Waals surface area (Å²) in [5.74, 6) is -18.5. The number of carbonyl (C=O) groups excluding carboxylic acids is 11. The summed E-state index contributed by atoms with van der Waals surface area (Å²) >= 11 is 0. The van der Waals surface area contributed by atoms with Crippen LogP contribution < -0.4 is 76.5 Å². The Morgan fingerprint density at radius 1 is 0.462 bits per heavy atom. The van der Waals surface area contributed by atoms with Crippen LogP contribution in [0.3, 0.4) is 0 Å². The number of hydrogen-bond donors (Lipinski definition) is 20. The van der Waals surface area contributed by atoms with Gasteiger partial charge in [0.2, 0.25) is 65.0 Å². The molecule has 0 saturated carbocycles. The lowest BCUT2D eigenvalue weighted by molar-refractivity contribution is -0.144. The predicted molar refractivity (Wildman–Crippen MR) is 328 cm³/mol. The molecule has 0 aliphatic rings. The molecule has 0 heterocycles. The molecule has 2 aromatic carbocycles. The Morgan fingerprint density at radius 2 is 0.849 bits per heavy atom. The first-order chi connectivity index (χ1) is 43.6. The van der Waals surface area contributed by atoms with Gasteiger partial charge in [0.15, 0.2) is 5.96 Å². The first-order valence-electron chi connectivity index (χ1n) is 29.6. The number of aliphatic hydroxyl groups is 1. The van der Waals surface area contributed by atoms with Gasteiger partial charge in [0.05, 0.1) is 19.1 Å². The second-order valence-electron chi connectivity index (χ2n) is 22.3. The highest BCUT2D eigenvalue weighted by molar-refractivity contribution is 5.99. The third-order valence-electron chi connectivity index (χ3n) is 14.2. The van der Waals surface area contributed by atoms with E-state index in [0.717, 1.165) is 0 Å². The van der Waals surface area contributed by atoms with Gasteiger partial charge < -0.3 is 107 Å². The van der Waals surface area contributed by atoms with Crippen LogP contribution in [-0.2, 0) is 80.0 Å². The number of guanidine groups is 1. The van der Waals surface area contributed by atoms with Crippen LogP contribution in [0.15, 0.2) is 53.5 Å². The molecule has 2 rings (SSSR count). The lowest BCUT2D eigenvalue weighted by Gasteiger charge is -2.29. The van der Waals surface area contributed by atoms with Crippen molar-refractivity contribution in [2.45, 2.75) is 172 Å². The number of hydrogen-bond acceptors (Lipinski definition) is 19. The number of carbonyl (C=O) groups is 14. The van der Waals surface area contributed by atoms with E-state index in [-0.39, 0.29) is 62.5 Å². The minimum Gasteiger partial charge on any atom is -0.508 e. The van der Waals surface area contributed by atoms with E-state index in [1.165, 1.54) is 55.5 Å². The van der Waals surface area contributed by atoms with Gasteiger partial charge in [-0.25, -0.2) is 4.79 Å². The smallest absolute Gasteiger partial charge is 0.328 e. The van der Waals surface area contributed by atoms with Crippen molar-refractivity contribution in [3.05, 3.63) is 59.7 Å². The Balaban J connectivity index is 2.56. The summed E-state index contributed by atoms with van der Waals surface area (Å²) in [5, 5.41) is 79.2. The van der Waals surface area contributed by atoms with E-state index in [2.05, 4.69) is 52.8 Å². The maximum absolute atomic E-state index is 14.4. The second-order valence-corrected chi connectivity index (χ2v) is 22.3. The molecule has 25 N–H and O–H groups in total. The predicted octanol–water partition coefficient (Wildman–Crippen LogP) is -5.33. The van der Waals surface area contributed by atoms with Crippen LogP contribution in [0.1, 0.15) is 109 Å². The summed E-state index contributed by atoms with van der Waals surface area (Å²) in [6.07, 6.45) is -5.57. The van der Waals surface area contributed by atoms with E-state index in [0.29, 0.717) is 11.1 Å². The minimum atomic E-state index is -1.99. The zero-order valence-corrected chi connectivity index (χ0v) is 51.9. The molecule has 0 saturated heterocycles. The number of carboxylic acids is 3. The number of carboxylic acid groups (broad SMARTS) is 3. The van der Waals surface area contributed by atoms with Gasteiger partial charge in [0.25, 0.3) is 0 Å². The number of nitrogens with one attached hydrogen (secondary N) is 9. The summed E-state index contributed by atoms with van der Waals surface area (Å²) < 4.78 is 0. The lowest BCUT2D eigenvalue weighted by Crippen LogP contribution is -2.61. The van der Waals surface area contributed by atoms with Crippen molar-refractivity contribution in [2.75, 3.05) is 13.2 Å². The number of nitrogens with zero attached hydrogens (tertiary/aromatic N) is 1. The number of phenolic OH excluding ortho intramolecular Hbond substituents is 2. The van der Waals surface area contributed by atoms with Gasteiger partial charge >= 0.3 is 17.9 Å². The number of primary amides is 2. The van der Waals surface area contributed by atoms with E-state index in [1.54, 1.807) is 20.8 Å². The average molecular weight is 1310 g/mol. The fraction of sp³-hybridized carbons (Fsp3) is 0.534. The van der Waals surface area contributed by atoms with Gasteiger partial charge in [-0.15, -0.1) is 0 Å². The molecule has 0 spiro atoms. The third-order valence-corrected chi connectivity index (χ3v) is 14.2. The summed E-state index contributed by atoms with van der Waals surface area (Å²) in [4.78, 5) is 190. The number of aromatic hydroxyl groups is 2. The van der Waals surface area contributed by atoms with Gasteiger partial charge in [-0.05, 0) is 92.2 Å². The van der Waals surface area contributed by atoms with Crippen molar-refractivity contribution >= 4 is 88.8 Å². The molecule has 11 amide bonds. The lowest BCUT2D eigenvalue weighted by atomic mass is 9.97. The number of benzene rings is 2. The van der Waals surface area contributed by atoms with Crippen molar-refractivity contribution in [3.8, 4) is 11.5 Å². The molecule has 35 heteroatoms. The number of nitrogens with two attached hydrogens (primary N) is 5. The van der Waals surface area contributed by atoms with Crippen molar-refractivity contribution in [3.63, 3.8) is 0 Å². The van der Waals surface area contributed by atoms with Gasteiger partial charge in [0.1, 0.15) is 65.9 Å². The number of aliphatic carboxylic acids is 3. The van der Waals surface area contributed by atoms with Gasteiger partial charge in [-0.2, -0.15) is 0 Å². The molecule has 0 aliphatic carbocycles. The zero-order chi connectivity index (χ0) is 70.2. The van der Waals surface area contributed by atoms with Crippen molar-refractivity contribution in [1.82, 2.24) is 47.9 Å². The molecule has 0 fully saturated rings. The Kier molecular flexibility index (Phi) is 33.8. The average Bonchev–Trinajstić information content (AvgIpc) is 0.959. The topological polar surface area (TPSA) is 611 Å². The van der Waals surface area contributed by atoms with Gasteiger partial charge in [-0.3, -0.25) is 67.3 Å². The monoisotopic (exact) mass is 1310 g/mol. The van der Waals surface area contributed by atoms with Gasteiger partial charge in [0, 0.05) is 32.2 Å². The molecule has 0 unspecified atom stereocenters. The Hall–Kier alpha value is -10.2. The third kappa shape index (κ3) is 30.0. The molecule has 0 aromatic heterocycles. The normalized spacial score (nSPS) is 14.5. The summed E-state index contributed by atoms with van der Waals surface area (Å²) in [5.41, 5.74) is 28.9. The molecule has 35 nitrogen and oxygen atoms in total. The number of aliphatic hydroxyl groups excluding tert-OH is 1. The standard InChI is InChI=1S/C58H87N15O20/c1-5-29(4)47(56(91)72-42(27-74)57(92)93)73-55(90)41(26-46(81)82)71-49(84)35(7-6-22-64-58(62)63)65-50(85)36(16-19-43(60)77)67-53(88)39(23-28(2)3)70-52(87)38(18-21-45(79)80)66-51(86)37(17-20-44(61)78)68-54(89)40(25-31-10-14-33(76)15-11-31)69-48(83)34(59)24-30-8-12-32(75)13-9-30/h8-15,28-29,34-42,47,74-76H,5-7,16-27,59H2,1-4H3,(H2,60,77)(H2,61,78)(H,65,85)(H,66,86)(H,67,88)(H,68,89)(H,69,83)(H,70,87)(H,71,84)(H,72,91)(H,73,90)(H,79,80)(H,81,82)(H,92,93)(H4,62,63,64)/t29-,34-,35-,36-,37-,38-,39-,40-,41-,42-,47-/m0/s1. The molecule has 93 heavy (non-hydrogen) atoms. The van der Waals surface area contributed by atoms with Crippen molar-refractivity contribution < 1.29 is 97.8 Å². The van der Waals surface area contributed by atoms with Crippen LogP contribution in [0.2, 0.25) is 0 Å². The van der Waals surface area contributed by atoms with Crippen molar-refractivity contribution in [1.29, 1.82) is 0 Å². The Labute approximate surface area is 534 Å². The fourth-order valence-electron chi connectivity index (χ4n) is 8.88. The number of aliphatic imine (C=N–C) groups is 1. The molecule has 11 atom stereocenters. The van der Waals surface area contributed by atoms with E-state index < -0.39 is 207 Å². The fourth-order valence-corrected chi connectivity index (χ4v) is 8.88. The second kappa shape index (κ2) is 39.8. The maximum Gasteiger partial charge on any atom is 0.328 e. The SMILES string of the molecule is CC[C@H](C)[C@H](NC(=O)[C@H](CC(=O)O)NC(=O)[C@H](CCCN=C(N)N)NC(=O)[C@H](CCC(N)=O)NC(=O)[C@H](CC(C)C)NC(=O)[C@H](CCC(=O)O)NC(=O)[C@H](CCC(N)=O)NC(=O)[C@H](Cc1ccc(O)cc1)NC(=O)[C@@H](N)Cc1ccc(O)cc1)C(=O)N[C@@H](CO)C(=O)O. The highest BCUT2D eigenvalue weighted by Crippen LogP contribution is 2.16. The highest BCUT2D eigenvalue weighted by Gasteiger charge is 2.37. The molecular formula is C58H87N15O20. The van der Waals surface area contributed by atoms with Crippen LogP contribution in [0.5, 0.6) is 11.5 Å². The van der Waals surface area contributed by atoms with Gasteiger partial charge in [-0.1, -0.05) is 58.4 Å². The molecule has 514 valence electrons. The largest absolute Gasteiger partial charge is 0.508 e. The van der Waals surface area contributed by atoms with E-state index in [4.69, 9.17) is 28.7 Å². The molecule has 2 aromatic rings. The summed E-state index contributed by atoms with van der Waals surface area (Å²) in [6.45, 7) is 5.15. The first-order valence-corrected chi connectivity index (χ1v) is 29.6. The van der Waals surface area contributed by atoms with Crippen LogP contribution in [0.4, 0.5) is 0 Å². The van der Waals surface area contributed by atoms with E-state index in [9.17, 15) is 97.8 Å². The highest BCUT2D eigenvalue weighted by atomic mass is 16.4. The maximum atomic E-state index is 14.4. The Bertz CT molecular complexity index is 2960. The number of rotatable bonds is 43. The summed E-state index contributed by atoms with van der Waals surface area (Å²) in [7, 11) is 0. The number of phenols is 2. The van der Waals surface area contributed by atoms with Crippen LogP contribution in [-0.4, -0.2) is 193 Å². The zero-order valence-electron chi connectivity index (χ0n) is 51.9. The molecular weight excluding hydrogens is 1230 g/mol. The first kappa shape index (κ1) is 78.9. The van der Waals surface area contributed by atoms with Crippen LogP contribution >= 0.6 is 0 Å². The van der Waals surface area contributed by atoms with E-state index in [1.807, 2.05) is 0 Å². The molecule has 0 radical (unpaired) electrons. The number of amides is 11. The molecule has 0 aliphatic heterocycles.